The number of ether oxygens (including phenoxy) is 1. The van der Waals surface area contributed by atoms with E-state index in [1.807, 2.05) is 12.1 Å². The van der Waals surface area contributed by atoms with Crippen molar-refractivity contribution in [1.29, 1.82) is 0 Å². The van der Waals surface area contributed by atoms with Gasteiger partial charge in [-0.15, -0.1) is 0 Å². The quantitative estimate of drug-likeness (QED) is 0.576. The van der Waals surface area contributed by atoms with E-state index in [1.165, 1.54) is 12.0 Å². The van der Waals surface area contributed by atoms with Crippen LogP contribution < -0.4 is 16.2 Å². The molecule has 1 rings (SSSR count). The fourth-order valence-electron chi connectivity index (χ4n) is 1.87. The van der Waals surface area contributed by atoms with E-state index in [1.54, 1.807) is 6.07 Å². The first kappa shape index (κ1) is 15.4. The predicted octanol–water partition coefficient (Wildman–Crippen LogP) is 4.00. The molecule has 0 saturated heterocycles. The van der Waals surface area contributed by atoms with E-state index in [2.05, 4.69) is 26.8 Å². The third-order valence-corrected chi connectivity index (χ3v) is 3.11. The molecule has 0 radical (unpaired) electrons. The highest BCUT2D eigenvalue weighted by atomic mass is 16.5. The minimum Gasteiger partial charge on any atom is -0.491 e. The molecule has 1 atom stereocenters. The van der Waals surface area contributed by atoms with Gasteiger partial charge in [0.05, 0.1) is 12.3 Å². The van der Waals surface area contributed by atoms with E-state index < -0.39 is 0 Å². The van der Waals surface area contributed by atoms with E-state index in [0.29, 0.717) is 23.9 Å². The second-order valence-corrected chi connectivity index (χ2v) is 5.40. The lowest BCUT2D eigenvalue weighted by Crippen LogP contribution is -2.05. The van der Waals surface area contributed by atoms with Crippen LogP contribution in [0.25, 0.3) is 0 Å². The molecule has 0 aliphatic heterocycles. The fourth-order valence-corrected chi connectivity index (χ4v) is 1.87. The van der Waals surface area contributed by atoms with E-state index in [0.717, 1.165) is 18.6 Å². The van der Waals surface area contributed by atoms with Crippen molar-refractivity contribution in [2.45, 2.75) is 40.0 Å². The van der Waals surface area contributed by atoms with Crippen LogP contribution in [0.1, 0.15) is 40.0 Å². The normalized spacial score (nSPS) is 11.9. The molecular formula is C16H26N2O. The van der Waals surface area contributed by atoms with Crippen LogP contribution in [0, 0.1) is 5.92 Å². The molecule has 0 spiro atoms. The summed E-state index contributed by atoms with van der Waals surface area (Å²) in [7, 11) is 0. The summed E-state index contributed by atoms with van der Waals surface area (Å²) < 4.78 is 5.69. The summed E-state index contributed by atoms with van der Waals surface area (Å²) >= 11 is 0. The summed E-state index contributed by atoms with van der Waals surface area (Å²) in [5, 5.41) is 0. The van der Waals surface area contributed by atoms with Gasteiger partial charge in [-0.25, -0.2) is 0 Å². The zero-order valence-electron chi connectivity index (χ0n) is 12.3. The summed E-state index contributed by atoms with van der Waals surface area (Å²) in [6.07, 6.45) is 5.68. The molecule has 0 heterocycles. The van der Waals surface area contributed by atoms with Crippen LogP contribution in [0.3, 0.4) is 0 Å². The number of hydrogen-bond acceptors (Lipinski definition) is 3. The van der Waals surface area contributed by atoms with Crippen LogP contribution in [-0.2, 0) is 0 Å². The van der Waals surface area contributed by atoms with Crippen LogP contribution in [-0.4, -0.2) is 6.61 Å². The van der Waals surface area contributed by atoms with Gasteiger partial charge in [-0.1, -0.05) is 18.6 Å². The molecule has 106 valence electrons. The minimum absolute atomic E-state index is 0.609. The Hall–Kier alpha value is -1.64. The van der Waals surface area contributed by atoms with Gasteiger partial charge in [0, 0.05) is 5.69 Å². The monoisotopic (exact) mass is 262 g/mol. The molecule has 0 aromatic heterocycles. The Balaban J connectivity index is 2.28. The van der Waals surface area contributed by atoms with Gasteiger partial charge in [-0.3, -0.25) is 0 Å². The van der Waals surface area contributed by atoms with Crippen LogP contribution in [0.2, 0.25) is 0 Å². The Morgan fingerprint density at radius 2 is 2.00 bits per heavy atom. The molecule has 19 heavy (non-hydrogen) atoms. The first-order valence-corrected chi connectivity index (χ1v) is 6.90. The number of allylic oxidation sites excluding steroid dienone is 2. The summed E-state index contributed by atoms with van der Waals surface area (Å²) in [5.74, 6) is 1.39. The highest BCUT2D eigenvalue weighted by Gasteiger charge is 2.04. The SMILES string of the molecule is CC(C)=CCCC(C)CCOc1ccc(N)cc1N. The highest BCUT2D eigenvalue weighted by molar-refractivity contribution is 5.60. The Bertz CT molecular complexity index is 423. The highest BCUT2D eigenvalue weighted by Crippen LogP contribution is 2.24. The van der Waals surface area contributed by atoms with Gasteiger partial charge < -0.3 is 16.2 Å². The first-order chi connectivity index (χ1) is 8.99. The lowest BCUT2D eigenvalue weighted by Gasteiger charge is -2.13. The van der Waals surface area contributed by atoms with Gasteiger partial charge >= 0.3 is 0 Å². The topological polar surface area (TPSA) is 61.3 Å². The maximum absolute atomic E-state index is 5.84. The summed E-state index contributed by atoms with van der Waals surface area (Å²) in [5.41, 5.74) is 14.1. The van der Waals surface area contributed by atoms with Gasteiger partial charge in [0.25, 0.3) is 0 Å². The van der Waals surface area contributed by atoms with Gasteiger partial charge in [0.15, 0.2) is 0 Å². The van der Waals surface area contributed by atoms with E-state index in [-0.39, 0.29) is 0 Å². The van der Waals surface area contributed by atoms with Crippen molar-refractivity contribution < 1.29 is 4.74 Å². The van der Waals surface area contributed by atoms with Crippen LogP contribution in [0.4, 0.5) is 11.4 Å². The zero-order chi connectivity index (χ0) is 14.3. The van der Waals surface area contributed by atoms with Gasteiger partial charge in [-0.2, -0.15) is 0 Å². The van der Waals surface area contributed by atoms with E-state index in [4.69, 9.17) is 16.2 Å². The van der Waals surface area contributed by atoms with Crippen LogP contribution in [0.5, 0.6) is 5.75 Å². The first-order valence-electron chi connectivity index (χ1n) is 6.90. The number of benzene rings is 1. The number of anilines is 2. The van der Waals surface area contributed by atoms with Gasteiger partial charge in [0.2, 0.25) is 0 Å². The zero-order valence-corrected chi connectivity index (χ0v) is 12.3. The molecule has 1 aromatic rings. The second kappa shape index (κ2) is 7.72. The van der Waals surface area contributed by atoms with Gasteiger partial charge in [0.1, 0.15) is 5.75 Å². The lowest BCUT2D eigenvalue weighted by atomic mass is 10.0. The van der Waals surface area contributed by atoms with Gasteiger partial charge in [-0.05, 0) is 57.2 Å². The van der Waals surface area contributed by atoms with Crippen molar-refractivity contribution in [2.24, 2.45) is 5.92 Å². The standard InChI is InChI=1S/C16H26N2O/c1-12(2)5-4-6-13(3)9-10-19-16-8-7-14(17)11-15(16)18/h5,7-8,11,13H,4,6,9-10,17-18H2,1-3H3. The molecule has 3 heteroatoms. The third kappa shape index (κ3) is 6.18. The van der Waals surface area contributed by atoms with Crippen LogP contribution in [0.15, 0.2) is 29.8 Å². The van der Waals surface area contributed by atoms with E-state index in [9.17, 15) is 0 Å². The molecule has 1 aromatic carbocycles. The second-order valence-electron chi connectivity index (χ2n) is 5.40. The van der Waals surface area contributed by atoms with Crippen molar-refractivity contribution in [3.05, 3.63) is 29.8 Å². The molecule has 0 saturated carbocycles. The molecule has 1 unspecified atom stereocenters. The molecule has 4 N–H and O–H groups in total. The number of rotatable bonds is 7. The number of hydrogen-bond donors (Lipinski definition) is 2. The molecular weight excluding hydrogens is 236 g/mol. The maximum Gasteiger partial charge on any atom is 0.142 e. The van der Waals surface area contributed by atoms with Crippen LogP contribution >= 0.6 is 0 Å². The minimum atomic E-state index is 0.609. The maximum atomic E-state index is 5.84. The Morgan fingerprint density at radius 1 is 1.26 bits per heavy atom. The predicted molar refractivity (Wildman–Crippen MR) is 83.2 cm³/mol. The summed E-state index contributed by atoms with van der Waals surface area (Å²) in [6, 6.07) is 5.37. The lowest BCUT2D eigenvalue weighted by molar-refractivity contribution is 0.281. The largest absolute Gasteiger partial charge is 0.491 e. The molecule has 0 amide bonds. The third-order valence-electron chi connectivity index (χ3n) is 3.11. The number of nitrogen functional groups attached to an aromatic ring is 2. The average Bonchev–Trinajstić information content (AvgIpc) is 2.31. The van der Waals surface area contributed by atoms with Crippen molar-refractivity contribution in [2.75, 3.05) is 18.1 Å². The molecule has 0 bridgehead atoms. The Morgan fingerprint density at radius 3 is 2.63 bits per heavy atom. The number of nitrogens with two attached hydrogens (primary N) is 2. The fraction of sp³-hybridized carbons (Fsp3) is 0.500. The molecule has 0 fully saturated rings. The Labute approximate surface area is 116 Å². The molecule has 0 aliphatic rings. The Kier molecular flexibility index (Phi) is 6.26. The summed E-state index contributed by atoms with van der Waals surface area (Å²) in [4.78, 5) is 0. The molecule has 0 aliphatic carbocycles. The summed E-state index contributed by atoms with van der Waals surface area (Å²) in [6.45, 7) is 7.23. The van der Waals surface area contributed by atoms with Crippen molar-refractivity contribution in [3.8, 4) is 5.75 Å². The average molecular weight is 262 g/mol. The smallest absolute Gasteiger partial charge is 0.142 e. The van der Waals surface area contributed by atoms with Crippen molar-refractivity contribution in [3.63, 3.8) is 0 Å². The van der Waals surface area contributed by atoms with Crippen molar-refractivity contribution >= 4 is 11.4 Å². The molecule has 3 nitrogen and oxygen atoms in total. The van der Waals surface area contributed by atoms with E-state index >= 15 is 0 Å². The van der Waals surface area contributed by atoms with Crippen molar-refractivity contribution in [1.82, 2.24) is 0 Å².